The molecule has 0 bridgehead atoms. The fraction of sp³-hybridized carbons (Fsp3) is 0.538. The van der Waals surface area contributed by atoms with Crippen molar-refractivity contribution in [1.29, 1.82) is 0 Å². The molecule has 19 heavy (non-hydrogen) atoms. The fourth-order valence-electron chi connectivity index (χ4n) is 2.55. The number of hydrogen-bond acceptors (Lipinski definition) is 6. The smallest absolute Gasteiger partial charge is 0.231 e. The van der Waals surface area contributed by atoms with E-state index in [1.807, 2.05) is 13.8 Å². The van der Waals surface area contributed by atoms with Crippen molar-refractivity contribution in [3.63, 3.8) is 0 Å². The molecule has 6 heteroatoms. The lowest BCUT2D eigenvalue weighted by Crippen LogP contribution is -2.23. The summed E-state index contributed by atoms with van der Waals surface area (Å²) in [5.41, 5.74) is 7.54. The Morgan fingerprint density at radius 3 is 2.89 bits per heavy atom. The molecule has 0 aliphatic carbocycles. The highest BCUT2D eigenvalue weighted by Crippen LogP contribution is 2.27. The lowest BCUT2D eigenvalue weighted by atomic mass is 10.2. The highest BCUT2D eigenvalue weighted by molar-refractivity contribution is 5.88. The van der Waals surface area contributed by atoms with E-state index in [4.69, 9.17) is 10.2 Å². The molecule has 0 radical (unpaired) electrons. The minimum absolute atomic E-state index is 0.242. The van der Waals surface area contributed by atoms with Gasteiger partial charge < -0.3 is 15.3 Å². The van der Waals surface area contributed by atoms with E-state index >= 15 is 0 Å². The summed E-state index contributed by atoms with van der Waals surface area (Å²) >= 11 is 0. The fourth-order valence-corrected chi connectivity index (χ4v) is 2.55. The standard InChI is InChI=1S/C13H18N4O2/c1-7-8(2)19-13-11(7)12(14)15-10(16-13)6-17-4-3-9(18)5-17/h9,18H,3-6H2,1-2H3,(H2,14,15,16)/t9-/m1/s1. The quantitative estimate of drug-likeness (QED) is 0.839. The molecule has 3 rings (SSSR count). The van der Waals surface area contributed by atoms with Crippen molar-refractivity contribution in [3.05, 3.63) is 17.1 Å². The average molecular weight is 262 g/mol. The number of aliphatic hydroxyl groups is 1. The lowest BCUT2D eigenvalue weighted by Gasteiger charge is -2.13. The van der Waals surface area contributed by atoms with Crippen LogP contribution in [0.4, 0.5) is 5.82 Å². The average Bonchev–Trinajstić information content (AvgIpc) is 2.85. The molecule has 0 aromatic carbocycles. The minimum Gasteiger partial charge on any atom is -0.443 e. The summed E-state index contributed by atoms with van der Waals surface area (Å²) in [6.45, 7) is 5.97. The second-order valence-corrected chi connectivity index (χ2v) is 5.17. The number of aliphatic hydroxyl groups excluding tert-OH is 1. The predicted molar refractivity (Wildman–Crippen MR) is 71.6 cm³/mol. The molecular formula is C13H18N4O2. The number of aromatic nitrogens is 2. The number of nitrogens with two attached hydrogens (primary N) is 1. The van der Waals surface area contributed by atoms with Crippen LogP contribution in [0, 0.1) is 13.8 Å². The maximum Gasteiger partial charge on any atom is 0.231 e. The number of β-amino-alcohol motifs (C(OH)–C–C–N with tert-alkyl or cyclic N) is 1. The van der Waals surface area contributed by atoms with Crippen LogP contribution in [0.3, 0.4) is 0 Å². The molecule has 0 amide bonds. The Kier molecular flexibility index (Phi) is 2.91. The molecule has 2 aromatic heterocycles. The first-order chi connectivity index (χ1) is 9.04. The first-order valence-electron chi connectivity index (χ1n) is 6.47. The zero-order valence-corrected chi connectivity index (χ0v) is 11.2. The first-order valence-corrected chi connectivity index (χ1v) is 6.47. The molecule has 1 aliphatic rings. The molecular weight excluding hydrogens is 244 g/mol. The van der Waals surface area contributed by atoms with E-state index < -0.39 is 0 Å². The van der Waals surface area contributed by atoms with Gasteiger partial charge in [0.25, 0.3) is 0 Å². The molecule has 3 N–H and O–H groups in total. The van der Waals surface area contributed by atoms with Crippen LogP contribution in [0.5, 0.6) is 0 Å². The molecule has 1 fully saturated rings. The Morgan fingerprint density at radius 1 is 1.42 bits per heavy atom. The van der Waals surface area contributed by atoms with Crippen LogP contribution in [-0.2, 0) is 6.54 Å². The SMILES string of the molecule is Cc1oc2nc(CN3CC[C@@H](O)C3)nc(N)c2c1C. The molecule has 102 valence electrons. The summed E-state index contributed by atoms with van der Waals surface area (Å²) in [4.78, 5) is 10.9. The van der Waals surface area contributed by atoms with Gasteiger partial charge in [0.05, 0.1) is 18.0 Å². The van der Waals surface area contributed by atoms with Crippen molar-refractivity contribution < 1.29 is 9.52 Å². The third kappa shape index (κ3) is 2.17. The van der Waals surface area contributed by atoms with Crippen LogP contribution in [0.15, 0.2) is 4.42 Å². The summed E-state index contributed by atoms with van der Waals surface area (Å²) in [6, 6.07) is 0. The highest BCUT2D eigenvalue weighted by atomic mass is 16.3. The van der Waals surface area contributed by atoms with Crippen LogP contribution in [0.2, 0.25) is 0 Å². The number of likely N-dealkylation sites (tertiary alicyclic amines) is 1. The lowest BCUT2D eigenvalue weighted by molar-refractivity contribution is 0.174. The zero-order chi connectivity index (χ0) is 13.6. The summed E-state index contributed by atoms with van der Waals surface area (Å²) in [6.07, 6.45) is 0.561. The Labute approximate surface area is 111 Å². The van der Waals surface area contributed by atoms with E-state index in [0.717, 1.165) is 29.7 Å². The molecule has 0 unspecified atom stereocenters. The second kappa shape index (κ2) is 4.47. The molecule has 1 aliphatic heterocycles. The largest absolute Gasteiger partial charge is 0.443 e. The van der Waals surface area contributed by atoms with E-state index in [1.54, 1.807) is 0 Å². The Bertz CT molecular complexity index is 623. The van der Waals surface area contributed by atoms with Crippen molar-refractivity contribution in [2.24, 2.45) is 0 Å². The number of anilines is 1. The van der Waals surface area contributed by atoms with Gasteiger partial charge >= 0.3 is 0 Å². The Balaban J connectivity index is 1.93. The third-order valence-electron chi connectivity index (χ3n) is 3.72. The van der Waals surface area contributed by atoms with Crippen molar-refractivity contribution in [3.8, 4) is 0 Å². The van der Waals surface area contributed by atoms with Crippen molar-refractivity contribution >= 4 is 16.9 Å². The van der Waals surface area contributed by atoms with E-state index in [0.29, 0.717) is 30.4 Å². The maximum absolute atomic E-state index is 9.52. The minimum atomic E-state index is -0.242. The maximum atomic E-state index is 9.52. The molecule has 0 spiro atoms. The van der Waals surface area contributed by atoms with E-state index in [-0.39, 0.29) is 6.10 Å². The summed E-state index contributed by atoms with van der Waals surface area (Å²) in [7, 11) is 0. The molecule has 1 saturated heterocycles. The second-order valence-electron chi connectivity index (χ2n) is 5.17. The molecule has 2 aromatic rings. The van der Waals surface area contributed by atoms with Gasteiger partial charge in [-0.25, -0.2) is 4.98 Å². The molecule has 1 atom stereocenters. The molecule has 6 nitrogen and oxygen atoms in total. The Hall–Kier alpha value is -1.66. The van der Waals surface area contributed by atoms with Crippen molar-refractivity contribution in [2.45, 2.75) is 32.9 Å². The highest BCUT2D eigenvalue weighted by Gasteiger charge is 2.22. The van der Waals surface area contributed by atoms with Crippen LogP contribution in [-0.4, -0.2) is 39.2 Å². The van der Waals surface area contributed by atoms with Gasteiger partial charge in [-0.05, 0) is 20.3 Å². The van der Waals surface area contributed by atoms with Gasteiger partial charge in [0.2, 0.25) is 5.71 Å². The number of rotatable bonds is 2. The van der Waals surface area contributed by atoms with Gasteiger partial charge in [0.1, 0.15) is 17.4 Å². The summed E-state index contributed by atoms with van der Waals surface area (Å²) < 4.78 is 5.61. The monoisotopic (exact) mass is 262 g/mol. The van der Waals surface area contributed by atoms with E-state index in [9.17, 15) is 5.11 Å². The zero-order valence-electron chi connectivity index (χ0n) is 11.2. The van der Waals surface area contributed by atoms with Gasteiger partial charge in [-0.3, -0.25) is 4.90 Å². The normalized spacial score (nSPS) is 20.5. The van der Waals surface area contributed by atoms with Gasteiger partial charge in [-0.15, -0.1) is 0 Å². The van der Waals surface area contributed by atoms with Crippen LogP contribution < -0.4 is 5.73 Å². The third-order valence-corrected chi connectivity index (χ3v) is 3.72. The number of furan rings is 1. The van der Waals surface area contributed by atoms with Gasteiger partial charge in [0.15, 0.2) is 0 Å². The van der Waals surface area contributed by atoms with Crippen LogP contribution in [0.1, 0.15) is 23.6 Å². The summed E-state index contributed by atoms with van der Waals surface area (Å²) in [5, 5.41) is 10.3. The van der Waals surface area contributed by atoms with E-state index in [1.165, 1.54) is 0 Å². The number of hydrogen-bond donors (Lipinski definition) is 2. The van der Waals surface area contributed by atoms with Gasteiger partial charge in [-0.2, -0.15) is 4.98 Å². The number of nitrogen functional groups attached to an aromatic ring is 1. The van der Waals surface area contributed by atoms with Crippen LogP contribution >= 0.6 is 0 Å². The Morgan fingerprint density at radius 2 is 2.21 bits per heavy atom. The van der Waals surface area contributed by atoms with Crippen molar-refractivity contribution in [1.82, 2.24) is 14.9 Å². The molecule has 3 heterocycles. The van der Waals surface area contributed by atoms with Gasteiger partial charge in [-0.1, -0.05) is 0 Å². The van der Waals surface area contributed by atoms with Gasteiger partial charge in [0, 0.05) is 18.7 Å². The number of nitrogens with zero attached hydrogens (tertiary/aromatic N) is 3. The predicted octanol–water partition coefficient (Wildman–Crippen LogP) is 0.988. The number of fused-ring (bicyclic) bond motifs is 1. The van der Waals surface area contributed by atoms with Crippen LogP contribution in [0.25, 0.3) is 11.1 Å². The van der Waals surface area contributed by atoms with E-state index in [2.05, 4.69) is 14.9 Å². The van der Waals surface area contributed by atoms with Crippen molar-refractivity contribution in [2.75, 3.05) is 18.8 Å². The molecule has 0 saturated carbocycles. The summed E-state index contributed by atoms with van der Waals surface area (Å²) in [5.74, 6) is 1.94. The topological polar surface area (TPSA) is 88.4 Å². The first kappa shape index (κ1) is 12.4. The number of aryl methyl sites for hydroxylation is 2.